The van der Waals surface area contributed by atoms with Crippen LogP contribution in [0.5, 0.6) is 0 Å². The zero-order valence-electron chi connectivity index (χ0n) is 9.97. The number of aromatic nitrogens is 1. The van der Waals surface area contributed by atoms with Crippen molar-refractivity contribution in [2.45, 2.75) is 32.7 Å². The topological polar surface area (TPSA) is 68.0 Å². The van der Waals surface area contributed by atoms with Crippen LogP contribution in [0.2, 0.25) is 10.3 Å². The Hall–Kier alpha value is -0.840. The van der Waals surface area contributed by atoms with Crippen molar-refractivity contribution in [3.8, 4) is 0 Å². The van der Waals surface area contributed by atoms with Crippen molar-refractivity contribution < 1.29 is 4.79 Å². The van der Waals surface area contributed by atoms with Crippen molar-refractivity contribution in [2.24, 2.45) is 5.73 Å². The largest absolute Gasteiger partial charge is 0.322 e. The van der Waals surface area contributed by atoms with E-state index >= 15 is 0 Å². The van der Waals surface area contributed by atoms with E-state index < -0.39 is 5.54 Å². The lowest BCUT2D eigenvalue weighted by atomic mass is 9.99. The van der Waals surface area contributed by atoms with E-state index in [4.69, 9.17) is 28.9 Å². The molecule has 1 aromatic rings. The molecular weight excluding hydrogens is 261 g/mol. The van der Waals surface area contributed by atoms with Gasteiger partial charge < -0.3 is 11.1 Å². The number of anilines is 1. The molecule has 1 amide bonds. The normalized spacial score (nSPS) is 14.2. The van der Waals surface area contributed by atoms with Crippen LogP contribution in [0.3, 0.4) is 0 Å². The number of nitrogens with one attached hydrogen (secondary N) is 1. The van der Waals surface area contributed by atoms with Gasteiger partial charge in [0.2, 0.25) is 5.91 Å². The first kappa shape index (κ1) is 14.2. The minimum absolute atomic E-state index is 0.162. The first-order chi connectivity index (χ1) is 7.77. The Morgan fingerprint density at radius 2 is 2.18 bits per heavy atom. The number of hydrogen-bond acceptors (Lipinski definition) is 3. The average Bonchev–Trinajstić information content (AvgIpc) is 2.22. The molecule has 0 bridgehead atoms. The third kappa shape index (κ3) is 3.31. The molecule has 0 radical (unpaired) electrons. The molecule has 1 heterocycles. The van der Waals surface area contributed by atoms with E-state index in [-0.39, 0.29) is 16.2 Å². The maximum absolute atomic E-state index is 11.9. The minimum Gasteiger partial charge on any atom is -0.322 e. The number of halogens is 2. The van der Waals surface area contributed by atoms with Crippen molar-refractivity contribution >= 4 is 34.8 Å². The summed E-state index contributed by atoms with van der Waals surface area (Å²) in [7, 11) is 0. The fourth-order valence-corrected chi connectivity index (χ4v) is 1.74. The molecule has 0 aliphatic heterocycles. The summed E-state index contributed by atoms with van der Waals surface area (Å²) in [5.74, 6) is -0.297. The van der Waals surface area contributed by atoms with Crippen LogP contribution in [0.15, 0.2) is 6.07 Å². The lowest BCUT2D eigenvalue weighted by Gasteiger charge is -2.22. The summed E-state index contributed by atoms with van der Waals surface area (Å²) in [6.45, 7) is 5.29. The molecule has 0 aliphatic carbocycles. The fourth-order valence-electron chi connectivity index (χ4n) is 1.16. The maximum atomic E-state index is 11.9. The molecule has 17 heavy (non-hydrogen) atoms. The highest BCUT2D eigenvalue weighted by atomic mass is 35.5. The summed E-state index contributed by atoms with van der Waals surface area (Å²) in [5.41, 5.74) is 6.10. The highest BCUT2D eigenvalue weighted by molar-refractivity contribution is 6.34. The molecule has 0 saturated heterocycles. The SMILES string of the molecule is CCC(C)(N)C(=O)Nc1c(C)cc(Cl)nc1Cl. The van der Waals surface area contributed by atoms with Gasteiger partial charge in [-0.2, -0.15) is 0 Å². The Bertz CT molecular complexity index is 423. The Labute approximate surface area is 110 Å². The molecule has 1 unspecified atom stereocenters. The summed E-state index contributed by atoms with van der Waals surface area (Å²) in [4.78, 5) is 15.8. The van der Waals surface area contributed by atoms with Crippen LogP contribution in [-0.2, 0) is 4.79 Å². The second kappa shape index (κ2) is 5.21. The van der Waals surface area contributed by atoms with Gasteiger partial charge in [-0.25, -0.2) is 4.98 Å². The van der Waals surface area contributed by atoms with Crippen LogP contribution in [-0.4, -0.2) is 16.4 Å². The number of aryl methyl sites for hydroxylation is 1. The maximum Gasteiger partial charge on any atom is 0.244 e. The Kier molecular flexibility index (Phi) is 4.36. The molecule has 0 fully saturated rings. The van der Waals surface area contributed by atoms with Gasteiger partial charge in [-0.05, 0) is 31.9 Å². The van der Waals surface area contributed by atoms with Crippen LogP contribution in [0.4, 0.5) is 5.69 Å². The molecule has 0 saturated carbocycles. The van der Waals surface area contributed by atoms with Crippen LogP contribution < -0.4 is 11.1 Å². The zero-order chi connectivity index (χ0) is 13.2. The number of nitrogens with zero attached hydrogens (tertiary/aromatic N) is 1. The number of nitrogens with two attached hydrogens (primary N) is 1. The van der Waals surface area contributed by atoms with E-state index in [0.29, 0.717) is 12.1 Å². The molecule has 1 aromatic heterocycles. The van der Waals surface area contributed by atoms with Crippen molar-refractivity contribution in [1.82, 2.24) is 4.98 Å². The Morgan fingerprint density at radius 1 is 1.59 bits per heavy atom. The first-order valence-electron chi connectivity index (χ1n) is 5.21. The molecule has 0 spiro atoms. The summed E-state index contributed by atoms with van der Waals surface area (Å²) in [5, 5.41) is 3.13. The highest BCUT2D eigenvalue weighted by Gasteiger charge is 2.27. The van der Waals surface area contributed by atoms with Gasteiger partial charge in [0.1, 0.15) is 5.15 Å². The van der Waals surface area contributed by atoms with Gasteiger partial charge in [-0.1, -0.05) is 30.1 Å². The van der Waals surface area contributed by atoms with Crippen molar-refractivity contribution in [2.75, 3.05) is 5.32 Å². The van der Waals surface area contributed by atoms with Crippen LogP contribution in [0.1, 0.15) is 25.8 Å². The van der Waals surface area contributed by atoms with Crippen molar-refractivity contribution in [3.05, 3.63) is 21.9 Å². The fraction of sp³-hybridized carbons (Fsp3) is 0.455. The first-order valence-corrected chi connectivity index (χ1v) is 5.96. The average molecular weight is 276 g/mol. The standard InChI is InChI=1S/C11H15Cl2N3O/c1-4-11(3,14)10(17)16-8-6(2)5-7(12)15-9(8)13/h5H,4,14H2,1-3H3,(H,16,17). The summed E-state index contributed by atoms with van der Waals surface area (Å²) >= 11 is 11.7. The van der Waals surface area contributed by atoms with Gasteiger partial charge in [0.15, 0.2) is 5.15 Å². The Balaban J connectivity index is 3.01. The van der Waals surface area contributed by atoms with Gasteiger partial charge in [-0.3, -0.25) is 4.79 Å². The molecule has 6 heteroatoms. The van der Waals surface area contributed by atoms with Crippen LogP contribution >= 0.6 is 23.2 Å². The molecule has 1 atom stereocenters. The summed E-state index contributed by atoms with van der Waals surface area (Å²) in [6.07, 6.45) is 0.524. The molecule has 0 aliphatic rings. The Morgan fingerprint density at radius 3 is 2.65 bits per heavy atom. The van der Waals surface area contributed by atoms with Gasteiger partial charge in [0.25, 0.3) is 0 Å². The quantitative estimate of drug-likeness (QED) is 0.834. The monoisotopic (exact) mass is 275 g/mol. The third-order valence-corrected chi connectivity index (χ3v) is 3.10. The molecule has 94 valence electrons. The molecule has 3 N–H and O–H groups in total. The van der Waals surface area contributed by atoms with E-state index in [1.807, 2.05) is 6.92 Å². The van der Waals surface area contributed by atoms with Crippen LogP contribution in [0, 0.1) is 6.92 Å². The lowest BCUT2D eigenvalue weighted by Crippen LogP contribution is -2.47. The number of amides is 1. The van der Waals surface area contributed by atoms with Gasteiger partial charge >= 0.3 is 0 Å². The molecular formula is C11H15Cl2N3O. The van der Waals surface area contributed by atoms with Crippen molar-refractivity contribution in [1.29, 1.82) is 0 Å². The number of pyridine rings is 1. The predicted octanol–water partition coefficient (Wildman–Crippen LogP) is 2.76. The van der Waals surface area contributed by atoms with Crippen molar-refractivity contribution in [3.63, 3.8) is 0 Å². The lowest BCUT2D eigenvalue weighted by molar-refractivity contribution is -0.120. The number of rotatable bonds is 3. The van der Waals surface area contributed by atoms with Gasteiger partial charge in [-0.15, -0.1) is 0 Å². The van der Waals surface area contributed by atoms with E-state index in [2.05, 4.69) is 10.3 Å². The smallest absolute Gasteiger partial charge is 0.244 e. The third-order valence-electron chi connectivity index (χ3n) is 2.63. The highest BCUT2D eigenvalue weighted by Crippen LogP contribution is 2.27. The summed E-state index contributed by atoms with van der Waals surface area (Å²) in [6, 6.07) is 1.63. The van der Waals surface area contributed by atoms with Gasteiger partial charge in [0.05, 0.1) is 11.2 Å². The molecule has 4 nitrogen and oxygen atoms in total. The minimum atomic E-state index is -0.935. The number of carbonyl (C=O) groups is 1. The zero-order valence-corrected chi connectivity index (χ0v) is 11.5. The number of carbonyl (C=O) groups excluding carboxylic acids is 1. The second-order valence-corrected chi connectivity index (χ2v) is 4.90. The van der Waals surface area contributed by atoms with E-state index in [9.17, 15) is 4.79 Å². The van der Waals surface area contributed by atoms with E-state index in [1.165, 1.54) is 0 Å². The molecule has 1 rings (SSSR count). The predicted molar refractivity (Wildman–Crippen MR) is 70.5 cm³/mol. The number of hydrogen-bond donors (Lipinski definition) is 2. The van der Waals surface area contributed by atoms with Crippen LogP contribution in [0.25, 0.3) is 0 Å². The summed E-state index contributed by atoms with van der Waals surface area (Å²) < 4.78 is 0. The second-order valence-electron chi connectivity index (χ2n) is 4.15. The van der Waals surface area contributed by atoms with E-state index in [1.54, 1.807) is 19.9 Å². The van der Waals surface area contributed by atoms with E-state index in [0.717, 1.165) is 5.56 Å². The van der Waals surface area contributed by atoms with Gasteiger partial charge in [0, 0.05) is 0 Å². The molecule has 0 aromatic carbocycles.